The first-order valence-corrected chi connectivity index (χ1v) is 8.16. The first-order valence-electron chi connectivity index (χ1n) is 8.16. The highest BCUT2D eigenvalue weighted by atomic mass is 16.4. The number of carboxylic acid groups (broad SMARTS) is 1. The van der Waals surface area contributed by atoms with E-state index >= 15 is 0 Å². The molecule has 23 heavy (non-hydrogen) atoms. The van der Waals surface area contributed by atoms with Crippen molar-refractivity contribution < 1.29 is 24.3 Å². The zero-order valence-corrected chi connectivity index (χ0v) is 13.8. The molecule has 0 bridgehead atoms. The van der Waals surface area contributed by atoms with Crippen molar-refractivity contribution in [1.82, 2.24) is 10.2 Å². The standard InChI is InChI=1S/C16H26N2O5/c1-11(2)10-12(16(22)23)17-13(19)6-4-3-5-9-18-14(20)7-8-15(18)21/h11-12H,3-10H2,1-2H3,(H,17,19)(H,22,23)/t12-/m1/s1. The summed E-state index contributed by atoms with van der Waals surface area (Å²) in [6.45, 7) is 4.22. The van der Waals surface area contributed by atoms with Crippen LogP contribution in [0.2, 0.25) is 0 Å². The minimum absolute atomic E-state index is 0.120. The van der Waals surface area contributed by atoms with E-state index < -0.39 is 12.0 Å². The molecule has 0 aromatic carbocycles. The lowest BCUT2D eigenvalue weighted by Crippen LogP contribution is -2.41. The number of imide groups is 1. The van der Waals surface area contributed by atoms with Crippen LogP contribution < -0.4 is 5.32 Å². The van der Waals surface area contributed by atoms with Gasteiger partial charge in [-0.05, 0) is 25.2 Å². The van der Waals surface area contributed by atoms with Crippen molar-refractivity contribution in [2.75, 3.05) is 6.54 Å². The summed E-state index contributed by atoms with van der Waals surface area (Å²) in [6, 6.07) is -0.845. The zero-order valence-electron chi connectivity index (χ0n) is 13.8. The molecular formula is C16H26N2O5. The van der Waals surface area contributed by atoms with Crippen LogP contribution in [0.1, 0.15) is 58.8 Å². The summed E-state index contributed by atoms with van der Waals surface area (Å²) in [5.74, 6) is -1.34. The highest BCUT2D eigenvalue weighted by Crippen LogP contribution is 2.13. The molecule has 2 N–H and O–H groups in total. The van der Waals surface area contributed by atoms with Gasteiger partial charge in [0.2, 0.25) is 17.7 Å². The molecule has 1 atom stereocenters. The monoisotopic (exact) mass is 326 g/mol. The van der Waals surface area contributed by atoms with E-state index in [4.69, 9.17) is 5.11 Å². The van der Waals surface area contributed by atoms with E-state index in [9.17, 15) is 19.2 Å². The van der Waals surface area contributed by atoms with Crippen molar-refractivity contribution >= 4 is 23.7 Å². The van der Waals surface area contributed by atoms with Gasteiger partial charge in [0, 0.05) is 25.8 Å². The summed E-state index contributed by atoms with van der Waals surface area (Å²) in [5, 5.41) is 11.6. The number of carbonyl (C=O) groups is 4. The van der Waals surface area contributed by atoms with Gasteiger partial charge in [-0.2, -0.15) is 0 Å². The largest absolute Gasteiger partial charge is 0.480 e. The Hall–Kier alpha value is -1.92. The molecule has 0 radical (unpaired) electrons. The molecule has 1 fully saturated rings. The molecule has 0 saturated carbocycles. The van der Waals surface area contributed by atoms with Crippen molar-refractivity contribution in [3.8, 4) is 0 Å². The molecule has 7 nitrogen and oxygen atoms in total. The summed E-state index contributed by atoms with van der Waals surface area (Å²) < 4.78 is 0. The van der Waals surface area contributed by atoms with Crippen LogP contribution in [0.3, 0.4) is 0 Å². The number of hydrogen-bond acceptors (Lipinski definition) is 4. The summed E-state index contributed by atoms with van der Waals surface area (Å²) in [6.07, 6.45) is 3.24. The van der Waals surface area contributed by atoms with E-state index in [0.717, 1.165) is 0 Å². The van der Waals surface area contributed by atoms with Crippen LogP contribution in [-0.4, -0.2) is 46.3 Å². The van der Waals surface area contributed by atoms with E-state index in [1.165, 1.54) is 4.90 Å². The molecular weight excluding hydrogens is 300 g/mol. The predicted octanol–water partition coefficient (Wildman–Crippen LogP) is 1.31. The average Bonchev–Trinajstić information content (AvgIpc) is 2.77. The van der Waals surface area contributed by atoms with Gasteiger partial charge >= 0.3 is 5.97 Å². The van der Waals surface area contributed by atoms with Gasteiger partial charge in [0.1, 0.15) is 6.04 Å². The second kappa shape index (κ2) is 9.27. The molecule has 0 unspecified atom stereocenters. The van der Waals surface area contributed by atoms with E-state index in [1.807, 2.05) is 13.8 Å². The van der Waals surface area contributed by atoms with Crippen molar-refractivity contribution in [3.63, 3.8) is 0 Å². The number of nitrogens with zero attached hydrogens (tertiary/aromatic N) is 1. The fourth-order valence-electron chi connectivity index (χ4n) is 2.56. The van der Waals surface area contributed by atoms with E-state index in [0.29, 0.717) is 45.1 Å². The smallest absolute Gasteiger partial charge is 0.326 e. The number of likely N-dealkylation sites (tertiary alicyclic amines) is 1. The Morgan fingerprint density at radius 2 is 1.74 bits per heavy atom. The molecule has 1 saturated heterocycles. The van der Waals surface area contributed by atoms with Crippen molar-refractivity contribution in [2.45, 2.75) is 64.8 Å². The van der Waals surface area contributed by atoms with E-state index in [2.05, 4.69) is 5.32 Å². The zero-order chi connectivity index (χ0) is 17.4. The highest BCUT2D eigenvalue weighted by molar-refractivity contribution is 6.01. The molecule has 1 aliphatic heterocycles. The lowest BCUT2D eigenvalue weighted by atomic mass is 10.0. The fraction of sp³-hybridized carbons (Fsp3) is 0.750. The summed E-state index contributed by atoms with van der Waals surface area (Å²) >= 11 is 0. The second-order valence-electron chi connectivity index (χ2n) is 6.34. The first-order chi connectivity index (χ1) is 10.8. The summed E-state index contributed by atoms with van der Waals surface area (Å²) in [7, 11) is 0. The third-order valence-corrected chi connectivity index (χ3v) is 3.78. The number of amides is 3. The molecule has 1 aliphatic rings. The Bertz CT molecular complexity index is 445. The molecule has 0 aliphatic carbocycles. The number of carboxylic acids is 1. The van der Waals surface area contributed by atoms with E-state index in [1.54, 1.807) is 0 Å². The average molecular weight is 326 g/mol. The number of carbonyl (C=O) groups excluding carboxylic acids is 3. The van der Waals surface area contributed by atoms with Crippen molar-refractivity contribution in [3.05, 3.63) is 0 Å². The van der Waals surface area contributed by atoms with Gasteiger partial charge in [-0.1, -0.05) is 20.3 Å². The van der Waals surface area contributed by atoms with Gasteiger partial charge in [-0.3, -0.25) is 19.3 Å². The number of unbranched alkanes of at least 4 members (excludes halogenated alkanes) is 2. The van der Waals surface area contributed by atoms with Gasteiger partial charge in [-0.25, -0.2) is 4.79 Å². The minimum atomic E-state index is -1.02. The van der Waals surface area contributed by atoms with Crippen LogP contribution in [0.4, 0.5) is 0 Å². The van der Waals surface area contributed by atoms with Gasteiger partial charge in [0.15, 0.2) is 0 Å². The highest BCUT2D eigenvalue weighted by Gasteiger charge is 2.27. The molecule has 130 valence electrons. The first kappa shape index (κ1) is 19.1. The van der Waals surface area contributed by atoms with Crippen LogP contribution in [0.25, 0.3) is 0 Å². The van der Waals surface area contributed by atoms with Crippen molar-refractivity contribution in [1.29, 1.82) is 0 Å². The molecule has 0 aromatic rings. The number of rotatable bonds is 10. The Balaban J connectivity index is 2.19. The second-order valence-corrected chi connectivity index (χ2v) is 6.34. The third kappa shape index (κ3) is 6.80. The fourth-order valence-corrected chi connectivity index (χ4v) is 2.56. The summed E-state index contributed by atoms with van der Waals surface area (Å²) in [5.41, 5.74) is 0. The van der Waals surface area contributed by atoms with Crippen LogP contribution in [0.5, 0.6) is 0 Å². The van der Waals surface area contributed by atoms with Crippen molar-refractivity contribution in [2.24, 2.45) is 5.92 Å². The molecule has 7 heteroatoms. The molecule has 0 aromatic heterocycles. The number of aliphatic carboxylic acids is 1. The van der Waals surface area contributed by atoms with Crippen LogP contribution in [0, 0.1) is 5.92 Å². The minimum Gasteiger partial charge on any atom is -0.480 e. The van der Waals surface area contributed by atoms with Crippen LogP contribution in [0.15, 0.2) is 0 Å². The number of nitrogens with one attached hydrogen (secondary N) is 1. The van der Waals surface area contributed by atoms with Crippen LogP contribution in [-0.2, 0) is 19.2 Å². The summed E-state index contributed by atoms with van der Waals surface area (Å²) in [4.78, 5) is 47.0. The Morgan fingerprint density at radius 3 is 2.26 bits per heavy atom. The lowest BCUT2D eigenvalue weighted by Gasteiger charge is -2.16. The lowest BCUT2D eigenvalue weighted by molar-refractivity contribution is -0.142. The molecule has 0 spiro atoms. The van der Waals surface area contributed by atoms with Gasteiger partial charge < -0.3 is 10.4 Å². The SMILES string of the molecule is CC(C)C[C@@H](NC(=O)CCCCCN1C(=O)CCC1=O)C(=O)O. The van der Waals surface area contributed by atoms with Gasteiger partial charge in [0.25, 0.3) is 0 Å². The predicted molar refractivity (Wildman–Crippen MR) is 83.4 cm³/mol. The third-order valence-electron chi connectivity index (χ3n) is 3.78. The Kier molecular flexibility index (Phi) is 7.71. The molecule has 1 heterocycles. The van der Waals surface area contributed by atoms with Crippen LogP contribution >= 0.6 is 0 Å². The Labute approximate surface area is 136 Å². The normalized spacial score (nSPS) is 16.0. The molecule has 1 rings (SSSR count). The maximum atomic E-state index is 11.8. The molecule has 3 amide bonds. The topological polar surface area (TPSA) is 104 Å². The Morgan fingerprint density at radius 1 is 1.13 bits per heavy atom. The van der Waals surface area contributed by atoms with Gasteiger partial charge in [0.05, 0.1) is 0 Å². The van der Waals surface area contributed by atoms with Gasteiger partial charge in [-0.15, -0.1) is 0 Å². The quantitative estimate of drug-likeness (QED) is 0.465. The van der Waals surface area contributed by atoms with E-state index in [-0.39, 0.29) is 30.1 Å². The maximum absolute atomic E-state index is 11.8. The number of hydrogen-bond donors (Lipinski definition) is 2. The maximum Gasteiger partial charge on any atom is 0.326 e.